The van der Waals surface area contributed by atoms with Crippen molar-refractivity contribution < 1.29 is 13.2 Å². The van der Waals surface area contributed by atoms with Gasteiger partial charge in [0.15, 0.2) is 0 Å². The van der Waals surface area contributed by atoms with Gasteiger partial charge in [-0.2, -0.15) is 5.10 Å². The Bertz CT molecular complexity index is 521. The zero-order valence-electron chi connectivity index (χ0n) is 11.9. The molecule has 0 aliphatic carbocycles. The maximum absolute atomic E-state index is 12.1. The number of hydrogen-bond donors (Lipinski definition) is 1. The second-order valence-corrected chi connectivity index (χ2v) is 6.87. The van der Waals surface area contributed by atoms with Gasteiger partial charge >= 0.3 is 0 Å². The molecule has 0 amide bonds. The molecule has 0 bridgehead atoms. The Balaban J connectivity index is 1.86. The first-order valence-electron chi connectivity index (χ1n) is 6.83. The first-order chi connectivity index (χ1) is 9.49. The third-order valence-corrected chi connectivity index (χ3v) is 4.66. The lowest BCUT2D eigenvalue weighted by atomic mass is 10.4. The van der Waals surface area contributed by atoms with Crippen molar-refractivity contribution in [3.63, 3.8) is 0 Å². The third kappa shape index (κ3) is 4.02. The average molecular weight is 302 g/mol. The van der Waals surface area contributed by atoms with Gasteiger partial charge in [0.1, 0.15) is 4.90 Å². The first kappa shape index (κ1) is 15.4. The van der Waals surface area contributed by atoms with Gasteiger partial charge in [-0.05, 0) is 13.8 Å². The molecule has 1 aliphatic rings. The molecule has 1 saturated heterocycles. The summed E-state index contributed by atoms with van der Waals surface area (Å²) < 4.78 is 33.7. The van der Waals surface area contributed by atoms with E-state index in [9.17, 15) is 8.42 Å². The summed E-state index contributed by atoms with van der Waals surface area (Å²) in [4.78, 5) is 2.40. The summed E-state index contributed by atoms with van der Waals surface area (Å²) in [5.41, 5.74) is 0. The van der Waals surface area contributed by atoms with Gasteiger partial charge in [-0.1, -0.05) is 0 Å². The van der Waals surface area contributed by atoms with Crippen LogP contribution in [0.3, 0.4) is 0 Å². The molecule has 114 valence electrons. The van der Waals surface area contributed by atoms with E-state index >= 15 is 0 Å². The van der Waals surface area contributed by atoms with Crippen molar-refractivity contribution in [1.29, 1.82) is 0 Å². The summed E-state index contributed by atoms with van der Waals surface area (Å²) in [6.07, 6.45) is 2.94. The van der Waals surface area contributed by atoms with E-state index in [1.807, 2.05) is 13.8 Å². The predicted molar refractivity (Wildman–Crippen MR) is 75.1 cm³/mol. The number of hydrogen-bond acceptors (Lipinski definition) is 5. The highest BCUT2D eigenvalue weighted by molar-refractivity contribution is 7.89. The summed E-state index contributed by atoms with van der Waals surface area (Å²) in [5, 5.41) is 4.05. The molecular formula is C12H22N4O3S. The molecule has 1 fully saturated rings. The zero-order chi connectivity index (χ0) is 14.6. The highest BCUT2D eigenvalue weighted by Gasteiger charge is 2.17. The SMILES string of the molecule is CC(C)n1cc(S(=O)(=O)NCCN2CCOCC2)cn1. The predicted octanol–water partition coefficient (Wildman–Crippen LogP) is 0.0745. The number of nitrogens with one attached hydrogen (secondary N) is 1. The van der Waals surface area contributed by atoms with Crippen molar-refractivity contribution in [2.45, 2.75) is 24.8 Å². The number of sulfonamides is 1. The lowest BCUT2D eigenvalue weighted by Crippen LogP contribution is -2.41. The topological polar surface area (TPSA) is 76.5 Å². The molecule has 0 aromatic carbocycles. The molecule has 0 atom stereocenters. The largest absolute Gasteiger partial charge is 0.379 e. The Labute approximate surface area is 120 Å². The summed E-state index contributed by atoms with van der Waals surface area (Å²) in [5.74, 6) is 0. The Kier molecular flexibility index (Phi) is 5.14. The van der Waals surface area contributed by atoms with Crippen molar-refractivity contribution in [3.05, 3.63) is 12.4 Å². The Morgan fingerprint density at radius 1 is 1.40 bits per heavy atom. The molecule has 1 aromatic heterocycles. The molecule has 1 aromatic rings. The number of rotatable bonds is 6. The molecule has 2 rings (SSSR count). The van der Waals surface area contributed by atoms with Gasteiger partial charge in [0.2, 0.25) is 10.0 Å². The molecule has 0 unspecified atom stereocenters. The van der Waals surface area contributed by atoms with Crippen LogP contribution in [0.2, 0.25) is 0 Å². The van der Waals surface area contributed by atoms with Crippen molar-refractivity contribution in [2.24, 2.45) is 0 Å². The van der Waals surface area contributed by atoms with Gasteiger partial charge in [-0.25, -0.2) is 13.1 Å². The lowest BCUT2D eigenvalue weighted by Gasteiger charge is -2.26. The number of morpholine rings is 1. The molecule has 0 spiro atoms. The quantitative estimate of drug-likeness (QED) is 0.805. The fraction of sp³-hybridized carbons (Fsp3) is 0.750. The van der Waals surface area contributed by atoms with Crippen molar-refractivity contribution >= 4 is 10.0 Å². The number of nitrogens with zero attached hydrogens (tertiary/aromatic N) is 3. The second kappa shape index (κ2) is 6.66. The normalized spacial score (nSPS) is 17.8. The van der Waals surface area contributed by atoms with Gasteiger partial charge in [-0.3, -0.25) is 9.58 Å². The van der Waals surface area contributed by atoms with E-state index in [0.717, 1.165) is 13.1 Å². The maximum Gasteiger partial charge on any atom is 0.243 e. The van der Waals surface area contributed by atoms with Crippen molar-refractivity contribution in [1.82, 2.24) is 19.4 Å². The van der Waals surface area contributed by atoms with Gasteiger partial charge in [-0.15, -0.1) is 0 Å². The second-order valence-electron chi connectivity index (χ2n) is 5.10. The maximum atomic E-state index is 12.1. The van der Waals surface area contributed by atoms with Crippen LogP contribution >= 0.6 is 0 Å². The molecule has 1 aliphatic heterocycles. The van der Waals surface area contributed by atoms with Gasteiger partial charge in [0, 0.05) is 38.4 Å². The monoisotopic (exact) mass is 302 g/mol. The first-order valence-corrected chi connectivity index (χ1v) is 8.31. The Morgan fingerprint density at radius 2 is 2.10 bits per heavy atom. The van der Waals surface area contributed by atoms with Crippen LogP contribution in [-0.4, -0.2) is 62.5 Å². The standard InChI is InChI=1S/C12H22N4O3S/c1-11(2)16-10-12(9-13-16)20(17,18)14-3-4-15-5-7-19-8-6-15/h9-11,14H,3-8H2,1-2H3. The van der Waals surface area contributed by atoms with Gasteiger partial charge < -0.3 is 4.74 Å². The third-order valence-electron chi connectivity index (χ3n) is 3.24. The van der Waals surface area contributed by atoms with Crippen LogP contribution < -0.4 is 4.72 Å². The molecule has 0 radical (unpaired) electrons. The van der Waals surface area contributed by atoms with E-state index < -0.39 is 10.0 Å². The minimum absolute atomic E-state index is 0.146. The van der Waals surface area contributed by atoms with Crippen molar-refractivity contribution in [3.8, 4) is 0 Å². The van der Waals surface area contributed by atoms with E-state index in [-0.39, 0.29) is 10.9 Å². The Hall–Kier alpha value is -0.960. The summed E-state index contributed by atoms with van der Waals surface area (Å²) >= 11 is 0. The van der Waals surface area contributed by atoms with Gasteiger partial charge in [0.25, 0.3) is 0 Å². The van der Waals surface area contributed by atoms with E-state index in [1.54, 1.807) is 10.9 Å². The minimum atomic E-state index is -3.47. The van der Waals surface area contributed by atoms with Crippen LogP contribution in [0.1, 0.15) is 19.9 Å². The molecule has 8 heteroatoms. The molecule has 0 saturated carbocycles. The van der Waals surface area contributed by atoms with E-state index in [0.29, 0.717) is 26.3 Å². The van der Waals surface area contributed by atoms with Crippen molar-refractivity contribution in [2.75, 3.05) is 39.4 Å². The summed E-state index contributed by atoms with van der Waals surface area (Å²) in [6.45, 7) is 8.14. The highest BCUT2D eigenvalue weighted by Crippen LogP contribution is 2.10. The number of aromatic nitrogens is 2. The van der Waals surface area contributed by atoms with E-state index in [2.05, 4.69) is 14.7 Å². The van der Waals surface area contributed by atoms with Crippen LogP contribution in [0.25, 0.3) is 0 Å². The van der Waals surface area contributed by atoms with Crippen LogP contribution in [0.15, 0.2) is 17.3 Å². The number of ether oxygens (including phenoxy) is 1. The van der Waals surface area contributed by atoms with Crippen LogP contribution in [-0.2, 0) is 14.8 Å². The minimum Gasteiger partial charge on any atom is -0.379 e. The Morgan fingerprint density at radius 3 is 2.70 bits per heavy atom. The highest BCUT2D eigenvalue weighted by atomic mass is 32.2. The van der Waals surface area contributed by atoms with E-state index in [4.69, 9.17) is 4.74 Å². The summed E-state index contributed by atoms with van der Waals surface area (Å²) in [7, 11) is -3.47. The lowest BCUT2D eigenvalue weighted by molar-refractivity contribution is 0.0390. The molecular weight excluding hydrogens is 280 g/mol. The molecule has 7 nitrogen and oxygen atoms in total. The average Bonchev–Trinajstić information content (AvgIpc) is 2.90. The molecule has 2 heterocycles. The zero-order valence-corrected chi connectivity index (χ0v) is 12.8. The molecule has 1 N–H and O–H groups in total. The van der Waals surface area contributed by atoms with E-state index in [1.165, 1.54) is 6.20 Å². The smallest absolute Gasteiger partial charge is 0.243 e. The molecule has 20 heavy (non-hydrogen) atoms. The van der Waals surface area contributed by atoms with Gasteiger partial charge in [0.05, 0.1) is 19.4 Å². The fourth-order valence-electron chi connectivity index (χ4n) is 1.99. The van der Waals surface area contributed by atoms with Crippen LogP contribution in [0, 0.1) is 0 Å². The van der Waals surface area contributed by atoms with Crippen LogP contribution in [0.5, 0.6) is 0 Å². The fourth-order valence-corrected chi connectivity index (χ4v) is 2.95. The summed E-state index contributed by atoms with van der Waals surface area (Å²) in [6, 6.07) is 0.146. The van der Waals surface area contributed by atoms with Crippen LogP contribution in [0.4, 0.5) is 0 Å².